The van der Waals surface area contributed by atoms with Crippen molar-refractivity contribution in [1.82, 2.24) is 9.80 Å². The summed E-state index contributed by atoms with van der Waals surface area (Å²) in [7, 11) is 0. The number of hydrogen-bond acceptors (Lipinski definition) is 4. The zero-order valence-corrected chi connectivity index (χ0v) is 23.2. The number of nitrogens with one attached hydrogen (secondary N) is 1. The second-order valence-electron chi connectivity index (χ2n) is 10.6. The highest BCUT2D eigenvalue weighted by Gasteiger charge is 2.21. The summed E-state index contributed by atoms with van der Waals surface area (Å²) in [6, 6.07) is 22.5. The van der Waals surface area contributed by atoms with Crippen molar-refractivity contribution in [3.63, 3.8) is 0 Å². The number of carbonyl (C=O) groups excluding carboxylic acids is 2. The van der Waals surface area contributed by atoms with Crippen molar-refractivity contribution in [2.45, 2.75) is 46.2 Å². The molecule has 0 atom stereocenters. The van der Waals surface area contributed by atoms with Crippen molar-refractivity contribution in [3.05, 3.63) is 95.3 Å². The van der Waals surface area contributed by atoms with E-state index in [0.717, 1.165) is 42.0 Å². The van der Waals surface area contributed by atoms with Crippen molar-refractivity contribution in [2.75, 3.05) is 42.9 Å². The van der Waals surface area contributed by atoms with Crippen LogP contribution in [0.1, 0.15) is 49.8 Å². The highest BCUT2D eigenvalue weighted by molar-refractivity contribution is 5.93. The molecule has 0 spiro atoms. The third-order valence-electron chi connectivity index (χ3n) is 7.19. The van der Waals surface area contributed by atoms with Gasteiger partial charge in [-0.3, -0.25) is 19.4 Å². The number of benzene rings is 3. The predicted molar refractivity (Wildman–Crippen MR) is 155 cm³/mol. The van der Waals surface area contributed by atoms with Gasteiger partial charge in [0.1, 0.15) is 5.82 Å². The summed E-state index contributed by atoms with van der Waals surface area (Å²) in [5.41, 5.74) is 4.96. The lowest BCUT2D eigenvalue weighted by Crippen LogP contribution is -2.39. The molecule has 7 heteroatoms. The molecular formula is C32H39FN4O2. The predicted octanol–water partition coefficient (Wildman–Crippen LogP) is 5.65. The van der Waals surface area contributed by atoms with Gasteiger partial charge in [0.2, 0.25) is 11.8 Å². The Bertz CT molecular complexity index is 1240. The van der Waals surface area contributed by atoms with E-state index in [1.807, 2.05) is 65.6 Å². The highest BCUT2D eigenvalue weighted by Crippen LogP contribution is 2.24. The van der Waals surface area contributed by atoms with Gasteiger partial charge in [-0.15, -0.1) is 0 Å². The Kier molecular flexibility index (Phi) is 9.85. The van der Waals surface area contributed by atoms with Gasteiger partial charge in [0.15, 0.2) is 0 Å². The number of fused-ring (bicyclic) bond motifs is 1. The van der Waals surface area contributed by atoms with Crippen molar-refractivity contribution in [1.29, 1.82) is 0 Å². The van der Waals surface area contributed by atoms with Crippen molar-refractivity contribution >= 4 is 23.2 Å². The number of anilines is 2. The Labute approximate surface area is 231 Å². The van der Waals surface area contributed by atoms with Crippen LogP contribution in [0.4, 0.5) is 15.8 Å². The van der Waals surface area contributed by atoms with Crippen LogP contribution in [-0.4, -0.2) is 54.3 Å². The van der Waals surface area contributed by atoms with E-state index in [1.165, 1.54) is 17.7 Å². The van der Waals surface area contributed by atoms with Gasteiger partial charge >= 0.3 is 0 Å². The van der Waals surface area contributed by atoms with Gasteiger partial charge < -0.3 is 10.2 Å². The van der Waals surface area contributed by atoms with E-state index in [0.29, 0.717) is 32.1 Å². The lowest BCUT2D eigenvalue weighted by Gasteiger charge is -2.27. The summed E-state index contributed by atoms with van der Waals surface area (Å²) in [6.07, 6.45) is 0.808. The minimum Gasteiger partial charge on any atom is -0.325 e. The molecule has 1 aliphatic heterocycles. The van der Waals surface area contributed by atoms with Crippen LogP contribution in [-0.2, 0) is 22.7 Å². The lowest BCUT2D eigenvalue weighted by molar-refractivity contribution is -0.118. The van der Waals surface area contributed by atoms with Gasteiger partial charge in [0, 0.05) is 57.6 Å². The number of rotatable bonds is 6. The highest BCUT2D eigenvalue weighted by atomic mass is 19.1. The second kappa shape index (κ2) is 13.5. The number of nitrogens with zero attached hydrogens (tertiary/aromatic N) is 3. The molecular weight excluding hydrogens is 491 g/mol. The van der Waals surface area contributed by atoms with Crippen LogP contribution in [0.3, 0.4) is 0 Å². The van der Waals surface area contributed by atoms with Crippen molar-refractivity contribution in [2.24, 2.45) is 0 Å². The van der Waals surface area contributed by atoms with E-state index in [-0.39, 0.29) is 24.2 Å². The Morgan fingerprint density at radius 2 is 1.56 bits per heavy atom. The van der Waals surface area contributed by atoms with Gasteiger partial charge in [-0.1, -0.05) is 56.3 Å². The standard InChI is InChI=1S/C32H39FN4O2/c1-24(2)27-11-15-30(16-12-27)34-32(39)23-36-20-19-35(21-26-9-13-29(33)14-10-26)17-6-18-37(25(3)38)31-8-5-4-7-28(31)22-36/h4-5,7-16,24H,6,17-23H2,1-3H3,(H,34,39). The summed E-state index contributed by atoms with van der Waals surface area (Å²) in [6.45, 7) is 10.2. The molecule has 0 aliphatic carbocycles. The molecule has 2 amide bonds. The molecule has 0 fully saturated rings. The third kappa shape index (κ3) is 8.22. The average molecular weight is 531 g/mol. The van der Waals surface area contributed by atoms with E-state index in [9.17, 15) is 14.0 Å². The second-order valence-corrected chi connectivity index (χ2v) is 10.6. The van der Waals surface area contributed by atoms with Gasteiger partial charge in [-0.25, -0.2) is 4.39 Å². The Balaban J connectivity index is 1.53. The first kappa shape index (κ1) is 28.5. The quantitative estimate of drug-likeness (QED) is 0.448. The molecule has 39 heavy (non-hydrogen) atoms. The van der Waals surface area contributed by atoms with E-state index in [1.54, 1.807) is 6.92 Å². The van der Waals surface area contributed by atoms with Crippen LogP contribution in [0.25, 0.3) is 0 Å². The van der Waals surface area contributed by atoms with Gasteiger partial charge in [0.25, 0.3) is 0 Å². The Hall–Kier alpha value is -3.55. The molecule has 0 bridgehead atoms. The number of carbonyl (C=O) groups is 2. The SMILES string of the molecule is CC(=O)N1CCCN(Cc2ccc(F)cc2)CCN(CC(=O)Nc2ccc(C(C)C)cc2)Cc2ccccc21. The number of para-hydroxylation sites is 1. The fourth-order valence-electron chi connectivity index (χ4n) is 5.02. The Morgan fingerprint density at radius 1 is 0.872 bits per heavy atom. The van der Waals surface area contributed by atoms with Gasteiger partial charge in [-0.2, -0.15) is 0 Å². The normalized spacial score (nSPS) is 15.5. The minimum atomic E-state index is -0.248. The van der Waals surface area contributed by atoms with E-state index in [4.69, 9.17) is 0 Å². The van der Waals surface area contributed by atoms with E-state index >= 15 is 0 Å². The zero-order valence-electron chi connectivity index (χ0n) is 23.2. The molecule has 1 aliphatic rings. The van der Waals surface area contributed by atoms with E-state index < -0.39 is 0 Å². The smallest absolute Gasteiger partial charge is 0.238 e. The van der Waals surface area contributed by atoms with Crippen LogP contribution >= 0.6 is 0 Å². The van der Waals surface area contributed by atoms with Crippen LogP contribution < -0.4 is 10.2 Å². The lowest BCUT2D eigenvalue weighted by atomic mass is 10.0. The maximum atomic E-state index is 13.5. The molecule has 1 N–H and O–H groups in total. The average Bonchev–Trinajstić information content (AvgIpc) is 2.94. The van der Waals surface area contributed by atoms with Crippen LogP contribution in [0, 0.1) is 5.82 Å². The van der Waals surface area contributed by atoms with Crippen molar-refractivity contribution in [3.8, 4) is 0 Å². The molecule has 0 aromatic heterocycles. The molecule has 4 rings (SSSR count). The van der Waals surface area contributed by atoms with Gasteiger partial charge in [0.05, 0.1) is 6.54 Å². The zero-order chi connectivity index (χ0) is 27.8. The molecule has 0 saturated carbocycles. The molecule has 0 unspecified atom stereocenters. The molecule has 206 valence electrons. The minimum absolute atomic E-state index is 0.000851. The summed E-state index contributed by atoms with van der Waals surface area (Å²) in [5.74, 6) is 0.108. The number of amides is 2. The maximum Gasteiger partial charge on any atom is 0.238 e. The summed E-state index contributed by atoms with van der Waals surface area (Å²) < 4.78 is 13.5. The molecule has 0 radical (unpaired) electrons. The molecule has 3 aromatic rings. The van der Waals surface area contributed by atoms with Crippen LogP contribution in [0.5, 0.6) is 0 Å². The summed E-state index contributed by atoms with van der Waals surface area (Å²) in [4.78, 5) is 32.1. The van der Waals surface area contributed by atoms with Crippen molar-refractivity contribution < 1.29 is 14.0 Å². The maximum absolute atomic E-state index is 13.5. The molecule has 3 aromatic carbocycles. The largest absolute Gasteiger partial charge is 0.325 e. The number of hydrogen-bond donors (Lipinski definition) is 1. The monoisotopic (exact) mass is 530 g/mol. The van der Waals surface area contributed by atoms with Crippen LogP contribution in [0.2, 0.25) is 0 Å². The summed E-state index contributed by atoms with van der Waals surface area (Å²) in [5, 5.41) is 3.04. The molecule has 1 heterocycles. The molecule has 0 saturated heterocycles. The molecule has 6 nitrogen and oxygen atoms in total. The Morgan fingerprint density at radius 3 is 2.26 bits per heavy atom. The topological polar surface area (TPSA) is 55.9 Å². The van der Waals surface area contributed by atoms with Crippen LogP contribution in [0.15, 0.2) is 72.8 Å². The first-order chi connectivity index (χ1) is 18.8. The first-order valence-corrected chi connectivity index (χ1v) is 13.7. The fourth-order valence-corrected chi connectivity index (χ4v) is 5.02. The third-order valence-corrected chi connectivity index (χ3v) is 7.19. The summed E-state index contributed by atoms with van der Waals surface area (Å²) >= 11 is 0. The fraction of sp³-hybridized carbons (Fsp3) is 0.375. The number of halogens is 1. The van der Waals surface area contributed by atoms with Gasteiger partial charge in [-0.05, 0) is 59.4 Å². The van der Waals surface area contributed by atoms with E-state index in [2.05, 4.69) is 29.0 Å². The first-order valence-electron chi connectivity index (χ1n) is 13.7.